The van der Waals surface area contributed by atoms with Crippen LogP contribution < -0.4 is 4.74 Å². The predicted molar refractivity (Wildman–Crippen MR) is 117 cm³/mol. The summed E-state index contributed by atoms with van der Waals surface area (Å²) in [5, 5.41) is 23.1. The second-order valence-electron chi connectivity index (χ2n) is 7.62. The van der Waals surface area contributed by atoms with Crippen molar-refractivity contribution in [3.63, 3.8) is 0 Å². The number of unbranched alkanes of at least 4 members (excludes halogenated alkanes) is 1. The third-order valence-electron chi connectivity index (χ3n) is 5.42. The van der Waals surface area contributed by atoms with Gasteiger partial charge in [0.1, 0.15) is 18.5 Å². The summed E-state index contributed by atoms with van der Waals surface area (Å²) in [5.41, 5.74) is 1.78. The molecule has 0 aromatic heterocycles. The van der Waals surface area contributed by atoms with Gasteiger partial charge in [-0.3, -0.25) is 4.79 Å². The molecule has 0 bridgehead atoms. The van der Waals surface area contributed by atoms with Crippen LogP contribution in [-0.2, 0) is 9.53 Å². The van der Waals surface area contributed by atoms with E-state index in [4.69, 9.17) is 4.74 Å². The van der Waals surface area contributed by atoms with Crippen molar-refractivity contribution in [2.75, 3.05) is 13.7 Å². The lowest BCUT2D eigenvalue weighted by Crippen LogP contribution is -2.17. The normalized spacial score (nSPS) is 21.5. The fraction of sp³-hybridized carbons (Fsp3) is 0.500. The maximum absolute atomic E-state index is 11.1. The minimum atomic E-state index is -0.736. The van der Waals surface area contributed by atoms with Crippen molar-refractivity contribution in [1.29, 1.82) is 0 Å². The molecule has 0 heterocycles. The van der Waals surface area contributed by atoms with E-state index >= 15 is 0 Å². The number of aliphatic hydroxyl groups is 1. The van der Waals surface area contributed by atoms with E-state index in [1.807, 2.05) is 37.3 Å². The van der Waals surface area contributed by atoms with Gasteiger partial charge >= 0.3 is 5.97 Å². The third-order valence-corrected chi connectivity index (χ3v) is 5.42. The van der Waals surface area contributed by atoms with Crippen LogP contribution in [0.4, 0.5) is 0 Å². The number of methoxy groups -OCH3 is 1. The molecular formula is C24H33NO5. The lowest BCUT2D eigenvalue weighted by atomic mass is 9.91. The first kappa shape index (κ1) is 23.7. The number of benzene rings is 1. The number of esters is 1. The Morgan fingerprint density at radius 3 is 2.87 bits per heavy atom. The van der Waals surface area contributed by atoms with E-state index in [1.54, 1.807) is 6.08 Å². The molecule has 0 saturated heterocycles. The molecule has 0 radical (unpaired) electrons. The van der Waals surface area contributed by atoms with Crippen LogP contribution in [0.15, 0.2) is 53.7 Å². The molecule has 0 aliphatic heterocycles. The van der Waals surface area contributed by atoms with Gasteiger partial charge in [-0.1, -0.05) is 47.7 Å². The number of aliphatic hydroxyl groups excluding tert-OH is 1. The molecular weight excluding hydrogens is 382 g/mol. The number of carbonyl (C=O) groups is 1. The number of ether oxygens (including phenoxy) is 2. The monoisotopic (exact) mass is 415 g/mol. The molecule has 0 spiro atoms. The summed E-state index contributed by atoms with van der Waals surface area (Å²) >= 11 is 0. The fourth-order valence-corrected chi connectivity index (χ4v) is 3.65. The number of hydrogen-bond acceptors (Lipinski definition) is 6. The summed E-state index contributed by atoms with van der Waals surface area (Å²) in [4.78, 5) is 11.1. The van der Waals surface area contributed by atoms with E-state index in [2.05, 4.69) is 22.0 Å². The second-order valence-corrected chi connectivity index (χ2v) is 7.62. The van der Waals surface area contributed by atoms with Gasteiger partial charge in [0.15, 0.2) is 0 Å². The molecule has 1 aliphatic rings. The highest BCUT2D eigenvalue weighted by Gasteiger charge is 2.30. The highest BCUT2D eigenvalue weighted by molar-refractivity contribution is 5.90. The Hall–Kier alpha value is -2.60. The van der Waals surface area contributed by atoms with Crippen molar-refractivity contribution in [3.8, 4) is 5.75 Å². The molecule has 2 N–H and O–H groups in total. The van der Waals surface area contributed by atoms with Gasteiger partial charge in [0, 0.05) is 12.3 Å². The smallest absolute Gasteiger partial charge is 0.305 e. The van der Waals surface area contributed by atoms with Crippen molar-refractivity contribution in [2.24, 2.45) is 17.0 Å². The summed E-state index contributed by atoms with van der Waals surface area (Å²) in [6.07, 6.45) is 11.7. The number of aryl methyl sites for hydroxylation is 1. The maximum Gasteiger partial charge on any atom is 0.305 e. The van der Waals surface area contributed by atoms with E-state index in [0.29, 0.717) is 12.3 Å². The van der Waals surface area contributed by atoms with Crippen LogP contribution >= 0.6 is 0 Å². The van der Waals surface area contributed by atoms with Crippen molar-refractivity contribution in [3.05, 3.63) is 54.1 Å². The lowest BCUT2D eigenvalue weighted by molar-refractivity contribution is -0.140. The Morgan fingerprint density at radius 2 is 2.13 bits per heavy atom. The van der Waals surface area contributed by atoms with Crippen LogP contribution in [0.2, 0.25) is 0 Å². The number of para-hydroxylation sites is 1. The average Bonchev–Trinajstić information content (AvgIpc) is 3.15. The third kappa shape index (κ3) is 7.67. The van der Waals surface area contributed by atoms with Crippen molar-refractivity contribution in [2.45, 2.75) is 51.6 Å². The number of allylic oxidation sites excluding steroid dienone is 3. The van der Waals surface area contributed by atoms with Crippen LogP contribution in [-0.4, -0.2) is 41.8 Å². The molecule has 164 valence electrons. The van der Waals surface area contributed by atoms with Crippen molar-refractivity contribution in [1.82, 2.24) is 0 Å². The summed E-state index contributed by atoms with van der Waals surface area (Å²) in [7, 11) is 1.40. The molecule has 6 heteroatoms. The zero-order chi connectivity index (χ0) is 21.8. The predicted octanol–water partition coefficient (Wildman–Crippen LogP) is 4.44. The number of rotatable bonds is 11. The Labute approximate surface area is 178 Å². The Morgan fingerprint density at radius 1 is 1.33 bits per heavy atom. The van der Waals surface area contributed by atoms with Gasteiger partial charge in [-0.05, 0) is 56.6 Å². The molecule has 1 fully saturated rings. The summed E-state index contributed by atoms with van der Waals surface area (Å²) in [6.45, 7) is 2.14. The standard InChI is InChI=1S/C24H33NO5/c1-18-9-7-8-11-23(18)30-17-20(26)14-15-21-19(13-16-22(21)25-28)10-5-3-4-6-12-24(27)29-2/h3,5,7-9,11,14-15,19-21,26,28H,4,6,10,12-13,16-17H2,1-2H3/b5-3-,15-14+,25-22-/t19-,20+,21?/m0/s1. The van der Waals surface area contributed by atoms with Gasteiger partial charge < -0.3 is 19.8 Å². The van der Waals surface area contributed by atoms with E-state index in [0.717, 1.165) is 49.1 Å². The van der Waals surface area contributed by atoms with Gasteiger partial charge in [0.2, 0.25) is 0 Å². The van der Waals surface area contributed by atoms with Crippen LogP contribution in [0.1, 0.15) is 44.1 Å². The first-order chi connectivity index (χ1) is 14.5. The number of nitrogens with zero attached hydrogens (tertiary/aromatic N) is 1. The van der Waals surface area contributed by atoms with Crippen LogP contribution in [0.25, 0.3) is 0 Å². The zero-order valence-electron chi connectivity index (χ0n) is 17.9. The summed E-state index contributed by atoms with van der Waals surface area (Å²) in [6, 6.07) is 7.70. The van der Waals surface area contributed by atoms with E-state index in [9.17, 15) is 15.1 Å². The highest BCUT2D eigenvalue weighted by Crippen LogP contribution is 2.34. The second kappa shape index (κ2) is 12.9. The first-order valence-corrected chi connectivity index (χ1v) is 10.5. The molecule has 1 saturated carbocycles. The topological polar surface area (TPSA) is 88.4 Å². The van der Waals surface area contributed by atoms with Gasteiger partial charge in [0.05, 0.1) is 12.8 Å². The highest BCUT2D eigenvalue weighted by atomic mass is 16.5. The molecule has 3 atom stereocenters. The average molecular weight is 416 g/mol. The minimum Gasteiger partial charge on any atom is -0.490 e. The Kier molecular flexibility index (Phi) is 10.1. The first-order valence-electron chi connectivity index (χ1n) is 10.5. The Balaban J connectivity index is 1.83. The SMILES string of the molecule is COC(=O)CCC/C=C\C[C@H]1CC/C(=N/O)C1/C=C/[C@@H](O)COc1ccccc1C. The molecule has 30 heavy (non-hydrogen) atoms. The quantitative estimate of drug-likeness (QED) is 0.183. The minimum absolute atomic E-state index is 0.00262. The van der Waals surface area contributed by atoms with Crippen LogP contribution in [0.3, 0.4) is 0 Å². The van der Waals surface area contributed by atoms with Gasteiger partial charge in [-0.25, -0.2) is 0 Å². The maximum atomic E-state index is 11.1. The molecule has 1 aromatic rings. The molecule has 1 aromatic carbocycles. The zero-order valence-corrected chi connectivity index (χ0v) is 17.9. The molecule has 1 aliphatic carbocycles. The largest absolute Gasteiger partial charge is 0.490 e. The van der Waals surface area contributed by atoms with Crippen LogP contribution in [0, 0.1) is 18.8 Å². The number of carbonyl (C=O) groups excluding carboxylic acids is 1. The molecule has 2 rings (SSSR count). The molecule has 6 nitrogen and oxygen atoms in total. The summed E-state index contributed by atoms with van der Waals surface area (Å²) in [5.74, 6) is 0.910. The van der Waals surface area contributed by atoms with Gasteiger partial charge in [-0.15, -0.1) is 0 Å². The van der Waals surface area contributed by atoms with E-state index in [1.165, 1.54) is 7.11 Å². The summed E-state index contributed by atoms with van der Waals surface area (Å²) < 4.78 is 10.3. The fourth-order valence-electron chi connectivity index (χ4n) is 3.65. The van der Waals surface area contributed by atoms with Gasteiger partial charge in [0.25, 0.3) is 0 Å². The Bertz CT molecular complexity index is 756. The van der Waals surface area contributed by atoms with E-state index in [-0.39, 0.29) is 18.5 Å². The van der Waals surface area contributed by atoms with Gasteiger partial charge in [-0.2, -0.15) is 0 Å². The number of oxime groups is 1. The number of hydrogen-bond donors (Lipinski definition) is 2. The lowest BCUT2D eigenvalue weighted by Gasteiger charge is -2.15. The molecule has 0 amide bonds. The van der Waals surface area contributed by atoms with E-state index < -0.39 is 6.10 Å². The van der Waals surface area contributed by atoms with Crippen molar-refractivity contribution < 1.29 is 24.6 Å². The molecule has 1 unspecified atom stereocenters. The van der Waals surface area contributed by atoms with Crippen LogP contribution in [0.5, 0.6) is 5.75 Å². The van der Waals surface area contributed by atoms with Crippen molar-refractivity contribution >= 4 is 11.7 Å².